The molecule has 242 valence electrons. The smallest absolute Gasteiger partial charge is 0.358 e. The third-order valence-corrected chi connectivity index (χ3v) is 7.12. The van der Waals surface area contributed by atoms with Crippen LogP contribution in [0.25, 0.3) is 0 Å². The summed E-state index contributed by atoms with van der Waals surface area (Å²) in [7, 11) is -5.03. The van der Waals surface area contributed by atoms with E-state index in [4.69, 9.17) is 5.73 Å². The quantitative estimate of drug-likeness (QED) is 0.131. The van der Waals surface area contributed by atoms with Crippen molar-refractivity contribution in [2.75, 3.05) is 19.6 Å². The van der Waals surface area contributed by atoms with Gasteiger partial charge in [0.2, 0.25) is 18.2 Å². The molecule has 4 amide bonds. The Morgan fingerprint density at radius 1 is 0.977 bits per heavy atom. The zero-order chi connectivity index (χ0) is 32.5. The largest absolute Gasteiger partial charge is 0.488 e. The van der Waals surface area contributed by atoms with Gasteiger partial charge in [0.15, 0.2) is 0 Å². The van der Waals surface area contributed by atoms with Gasteiger partial charge in [-0.2, -0.15) is 8.42 Å². The Balaban J connectivity index is 0.000000307. The molecule has 14 heteroatoms. The van der Waals surface area contributed by atoms with Crippen LogP contribution in [0.5, 0.6) is 5.75 Å². The van der Waals surface area contributed by atoms with Crippen LogP contribution in [0.15, 0.2) is 48.5 Å². The number of nitrogens with zero attached hydrogens (tertiary/aromatic N) is 1. The van der Waals surface area contributed by atoms with E-state index in [-0.39, 0.29) is 35.9 Å². The van der Waals surface area contributed by atoms with Crippen molar-refractivity contribution in [3.05, 3.63) is 65.2 Å². The molecule has 1 aliphatic rings. The van der Waals surface area contributed by atoms with Gasteiger partial charge in [0, 0.05) is 31.2 Å². The number of halogens is 1. The van der Waals surface area contributed by atoms with Gasteiger partial charge in [-0.15, -0.1) is 0 Å². The Labute approximate surface area is 258 Å². The van der Waals surface area contributed by atoms with E-state index in [1.165, 1.54) is 24.3 Å². The Hall–Kier alpha value is -4.04. The van der Waals surface area contributed by atoms with Crippen LogP contribution in [0.3, 0.4) is 0 Å². The number of benzene rings is 2. The van der Waals surface area contributed by atoms with Crippen molar-refractivity contribution in [2.45, 2.75) is 71.0 Å². The molecule has 0 aliphatic carbocycles. The summed E-state index contributed by atoms with van der Waals surface area (Å²) in [4.78, 5) is 48.2. The van der Waals surface area contributed by atoms with Crippen LogP contribution in [0.1, 0.15) is 67.4 Å². The number of likely N-dealkylation sites (tertiary alicyclic amines) is 1. The van der Waals surface area contributed by atoms with Crippen molar-refractivity contribution in [3.8, 4) is 5.75 Å². The van der Waals surface area contributed by atoms with Crippen molar-refractivity contribution in [1.29, 1.82) is 0 Å². The lowest BCUT2D eigenvalue weighted by atomic mass is 10.1. The van der Waals surface area contributed by atoms with Gasteiger partial charge in [-0.25, -0.2) is 0 Å². The van der Waals surface area contributed by atoms with Crippen LogP contribution >= 0.6 is 0 Å². The van der Waals surface area contributed by atoms with Crippen LogP contribution in [-0.2, 0) is 37.9 Å². The molecule has 2 atom stereocenters. The molecule has 1 aliphatic heterocycles. The average molecular weight is 636 g/mol. The second-order valence-corrected chi connectivity index (χ2v) is 11.4. The monoisotopic (exact) mass is 635 g/mol. The molecule has 0 saturated carbocycles. The van der Waals surface area contributed by atoms with E-state index in [2.05, 4.69) is 20.1 Å². The highest BCUT2D eigenvalue weighted by Gasteiger charge is 2.24. The minimum atomic E-state index is -5.03. The molecule has 12 nitrogen and oxygen atoms in total. The van der Waals surface area contributed by atoms with Crippen LogP contribution < -0.4 is 25.9 Å². The summed E-state index contributed by atoms with van der Waals surface area (Å²) in [5.41, 5.74) is 7.49. The van der Waals surface area contributed by atoms with Crippen LogP contribution in [-0.4, -0.2) is 69.2 Å². The molecule has 0 spiro atoms. The number of carbonyl (C=O) groups excluding carboxylic acids is 4. The molecule has 2 aromatic carbocycles. The first-order chi connectivity index (χ1) is 20.9. The maximum absolute atomic E-state index is 12.3. The molecule has 1 fully saturated rings. The lowest BCUT2D eigenvalue weighted by Gasteiger charge is -2.21. The molecule has 2 unspecified atom stereocenters. The fourth-order valence-corrected chi connectivity index (χ4v) is 4.78. The third kappa shape index (κ3) is 14.0. The summed E-state index contributed by atoms with van der Waals surface area (Å²) < 4.78 is 37.1. The predicted octanol–water partition coefficient (Wildman–Crippen LogP) is 2.13. The average Bonchev–Trinajstić information content (AvgIpc) is 3.52. The summed E-state index contributed by atoms with van der Waals surface area (Å²) in [5.74, 6) is -0.568. The number of unbranched alkanes of at least 4 members (excludes halogenated alkanes) is 1. The first-order valence-corrected chi connectivity index (χ1v) is 15.8. The number of hydrogen-bond donors (Lipinski definition) is 4. The van der Waals surface area contributed by atoms with E-state index in [0.29, 0.717) is 30.6 Å². The Morgan fingerprint density at radius 3 is 2.16 bits per heavy atom. The lowest BCUT2D eigenvalue weighted by molar-refractivity contribution is -0.131. The summed E-state index contributed by atoms with van der Waals surface area (Å²) in [6.07, 6.45) is 5.60. The standard InChI is InChI=1S/C16H21N3O3.C14H21FN2O4S/c1-12(16(22)19-8-2-3-9-19)18-15(21)14-6-4-13(5-7-14)10-17-11-20;1-11(4-2-3-9-16)17-14(18)10-12-5-7-13(8-6-12)21-22(15,19)20/h4-7,11-12H,2-3,8-10H2,1H3,(H,17,20)(H,18,21);5-8,11H,2-4,9-10,16H2,1H3,(H,17,18). The molecule has 1 saturated heterocycles. The maximum atomic E-state index is 12.3. The first kappa shape index (κ1) is 36.2. The van der Waals surface area contributed by atoms with Gasteiger partial charge in [0.25, 0.3) is 5.91 Å². The summed E-state index contributed by atoms with van der Waals surface area (Å²) >= 11 is 0. The second kappa shape index (κ2) is 18.6. The Morgan fingerprint density at radius 2 is 1.59 bits per heavy atom. The van der Waals surface area contributed by atoms with Crippen LogP contribution in [0.2, 0.25) is 0 Å². The Kier molecular flexibility index (Phi) is 15.3. The number of nitrogens with one attached hydrogen (secondary N) is 3. The van der Waals surface area contributed by atoms with E-state index < -0.39 is 16.5 Å². The molecule has 0 aromatic heterocycles. The SMILES string of the molecule is CC(CCCCN)NC(=O)Cc1ccc(OS(=O)(=O)F)cc1.CC(NC(=O)c1ccc(CNC=O)cc1)C(=O)N1CCCC1. The van der Waals surface area contributed by atoms with E-state index in [0.717, 1.165) is 50.8 Å². The normalized spacial score (nSPS) is 14.0. The van der Waals surface area contributed by atoms with Crippen molar-refractivity contribution in [3.63, 3.8) is 0 Å². The molecule has 44 heavy (non-hydrogen) atoms. The van der Waals surface area contributed by atoms with Gasteiger partial charge in [-0.3, -0.25) is 19.2 Å². The van der Waals surface area contributed by atoms with Gasteiger partial charge >= 0.3 is 10.5 Å². The fourth-order valence-electron chi connectivity index (χ4n) is 4.44. The van der Waals surface area contributed by atoms with Gasteiger partial charge in [-0.1, -0.05) is 34.6 Å². The molecular weight excluding hydrogens is 593 g/mol. The van der Waals surface area contributed by atoms with E-state index in [9.17, 15) is 31.5 Å². The van der Waals surface area contributed by atoms with Gasteiger partial charge < -0.3 is 30.8 Å². The zero-order valence-corrected chi connectivity index (χ0v) is 25.9. The van der Waals surface area contributed by atoms with Gasteiger partial charge in [-0.05, 0) is 81.5 Å². The topological polar surface area (TPSA) is 177 Å². The number of nitrogens with two attached hydrogens (primary N) is 1. The van der Waals surface area contributed by atoms with Gasteiger partial charge in [0.05, 0.1) is 6.42 Å². The highest BCUT2D eigenvalue weighted by molar-refractivity contribution is 7.81. The van der Waals surface area contributed by atoms with E-state index in [1.54, 1.807) is 36.1 Å². The van der Waals surface area contributed by atoms with Crippen molar-refractivity contribution in [1.82, 2.24) is 20.9 Å². The predicted molar refractivity (Wildman–Crippen MR) is 163 cm³/mol. The number of hydrogen-bond acceptors (Lipinski definition) is 8. The van der Waals surface area contributed by atoms with Crippen molar-refractivity contribution >= 4 is 34.6 Å². The lowest BCUT2D eigenvalue weighted by Crippen LogP contribution is -2.45. The maximum Gasteiger partial charge on any atom is 0.488 e. The summed E-state index contributed by atoms with van der Waals surface area (Å²) in [6.45, 7) is 6.26. The molecule has 3 rings (SSSR count). The number of carbonyl (C=O) groups is 4. The van der Waals surface area contributed by atoms with Crippen molar-refractivity contribution < 1.29 is 35.7 Å². The van der Waals surface area contributed by atoms with Gasteiger partial charge in [0.1, 0.15) is 11.8 Å². The van der Waals surface area contributed by atoms with Crippen LogP contribution in [0.4, 0.5) is 3.89 Å². The van der Waals surface area contributed by atoms with Crippen LogP contribution in [0, 0.1) is 0 Å². The molecule has 0 bridgehead atoms. The van der Waals surface area contributed by atoms with Crippen molar-refractivity contribution in [2.24, 2.45) is 5.73 Å². The number of amides is 4. The molecule has 1 heterocycles. The second-order valence-electron chi connectivity index (χ2n) is 10.5. The summed E-state index contributed by atoms with van der Waals surface area (Å²) in [5, 5.41) is 8.17. The zero-order valence-electron chi connectivity index (χ0n) is 25.1. The summed E-state index contributed by atoms with van der Waals surface area (Å²) in [6, 6.07) is 12.1. The highest BCUT2D eigenvalue weighted by Crippen LogP contribution is 2.15. The molecular formula is C30H42FN5O7S. The third-order valence-electron chi connectivity index (χ3n) is 6.72. The molecule has 2 aromatic rings. The minimum absolute atomic E-state index is 0.0300. The number of rotatable bonds is 15. The first-order valence-electron chi connectivity index (χ1n) is 14.5. The Bertz CT molecular complexity index is 1320. The molecule has 5 N–H and O–H groups in total. The van der Waals surface area contributed by atoms with E-state index >= 15 is 0 Å². The highest BCUT2D eigenvalue weighted by atomic mass is 32.3. The minimum Gasteiger partial charge on any atom is -0.358 e. The fraction of sp³-hybridized carbons (Fsp3) is 0.467. The molecule has 0 radical (unpaired) electrons. The van der Waals surface area contributed by atoms with E-state index in [1.807, 2.05) is 6.92 Å².